The molecule has 12 heavy (non-hydrogen) atoms. The summed E-state index contributed by atoms with van der Waals surface area (Å²) < 4.78 is 36.9. The molecule has 0 spiro atoms. The number of nitrogens with one attached hydrogen (secondary N) is 1. The minimum Gasteiger partial charge on any atom is -0.314 e. The van der Waals surface area contributed by atoms with Crippen molar-refractivity contribution < 1.29 is 13.2 Å². The SMILES string of the molecule is CC(C)NCC1(C(F)(F)F)CC1. The maximum Gasteiger partial charge on any atom is 0.395 e. The van der Waals surface area contributed by atoms with Crippen molar-refractivity contribution >= 4 is 0 Å². The van der Waals surface area contributed by atoms with E-state index in [2.05, 4.69) is 5.32 Å². The Morgan fingerprint density at radius 2 is 1.83 bits per heavy atom. The van der Waals surface area contributed by atoms with Crippen LogP contribution in [0.2, 0.25) is 0 Å². The first-order valence-corrected chi connectivity index (χ1v) is 4.17. The van der Waals surface area contributed by atoms with Crippen LogP contribution in [0.5, 0.6) is 0 Å². The van der Waals surface area contributed by atoms with Crippen molar-refractivity contribution in [1.29, 1.82) is 0 Å². The van der Waals surface area contributed by atoms with E-state index in [9.17, 15) is 13.2 Å². The zero-order valence-electron chi connectivity index (χ0n) is 7.33. The Balaban J connectivity index is 2.40. The molecule has 1 rings (SSSR count). The summed E-state index contributed by atoms with van der Waals surface area (Å²) in [4.78, 5) is 0. The van der Waals surface area contributed by atoms with Crippen molar-refractivity contribution in [3.8, 4) is 0 Å². The van der Waals surface area contributed by atoms with Gasteiger partial charge in [0, 0.05) is 12.6 Å². The highest BCUT2D eigenvalue weighted by atomic mass is 19.4. The predicted octanol–water partition coefficient (Wildman–Crippen LogP) is 2.33. The number of hydrogen-bond donors (Lipinski definition) is 1. The Hall–Kier alpha value is -0.250. The predicted molar refractivity (Wildman–Crippen MR) is 40.9 cm³/mol. The van der Waals surface area contributed by atoms with Gasteiger partial charge in [-0.25, -0.2) is 0 Å². The van der Waals surface area contributed by atoms with E-state index < -0.39 is 11.6 Å². The summed E-state index contributed by atoms with van der Waals surface area (Å²) in [7, 11) is 0. The first-order valence-electron chi connectivity index (χ1n) is 4.17. The van der Waals surface area contributed by atoms with Crippen molar-refractivity contribution in [2.24, 2.45) is 5.41 Å². The van der Waals surface area contributed by atoms with Gasteiger partial charge in [-0.05, 0) is 12.8 Å². The van der Waals surface area contributed by atoms with Gasteiger partial charge >= 0.3 is 6.18 Å². The van der Waals surface area contributed by atoms with E-state index in [1.54, 1.807) is 0 Å². The van der Waals surface area contributed by atoms with Crippen LogP contribution in [0.4, 0.5) is 13.2 Å². The van der Waals surface area contributed by atoms with Gasteiger partial charge in [-0.2, -0.15) is 13.2 Å². The summed E-state index contributed by atoms with van der Waals surface area (Å²) in [6, 6.07) is 0.129. The highest BCUT2D eigenvalue weighted by molar-refractivity contribution is 5.00. The van der Waals surface area contributed by atoms with Gasteiger partial charge in [0.2, 0.25) is 0 Å². The molecule has 0 aromatic heterocycles. The van der Waals surface area contributed by atoms with E-state index in [0.29, 0.717) is 0 Å². The average molecular weight is 181 g/mol. The second kappa shape index (κ2) is 2.91. The van der Waals surface area contributed by atoms with Crippen molar-refractivity contribution in [3.05, 3.63) is 0 Å². The second-order valence-electron chi connectivity index (χ2n) is 3.81. The second-order valence-corrected chi connectivity index (χ2v) is 3.81. The number of rotatable bonds is 3. The molecule has 0 amide bonds. The summed E-state index contributed by atoms with van der Waals surface area (Å²) in [5.74, 6) is 0. The first-order chi connectivity index (χ1) is 5.37. The van der Waals surface area contributed by atoms with Gasteiger partial charge in [-0.1, -0.05) is 13.8 Å². The fourth-order valence-electron chi connectivity index (χ4n) is 1.11. The maximum atomic E-state index is 12.3. The fourth-order valence-corrected chi connectivity index (χ4v) is 1.11. The lowest BCUT2D eigenvalue weighted by Gasteiger charge is -2.20. The summed E-state index contributed by atoms with van der Waals surface area (Å²) in [5, 5.41) is 2.83. The van der Waals surface area contributed by atoms with Crippen LogP contribution in [0.25, 0.3) is 0 Å². The molecule has 1 N–H and O–H groups in total. The summed E-state index contributed by atoms with van der Waals surface area (Å²) in [6.45, 7) is 3.78. The smallest absolute Gasteiger partial charge is 0.314 e. The molecular weight excluding hydrogens is 167 g/mol. The molecule has 0 atom stereocenters. The van der Waals surface area contributed by atoms with Crippen molar-refractivity contribution in [3.63, 3.8) is 0 Å². The third-order valence-corrected chi connectivity index (χ3v) is 2.30. The van der Waals surface area contributed by atoms with Gasteiger partial charge in [-0.15, -0.1) is 0 Å². The van der Waals surface area contributed by atoms with Gasteiger partial charge in [0.05, 0.1) is 5.41 Å². The Labute approximate surface area is 70.3 Å². The van der Waals surface area contributed by atoms with Gasteiger partial charge in [-0.3, -0.25) is 0 Å². The zero-order chi connectivity index (χ0) is 9.41. The number of alkyl halides is 3. The molecule has 0 heterocycles. The molecule has 0 aromatic carbocycles. The highest BCUT2D eigenvalue weighted by Gasteiger charge is 2.62. The molecule has 1 aliphatic rings. The zero-order valence-corrected chi connectivity index (χ0v) is 7.33. The van der Waals surface area contributed by atoms with Crippen LogP contribution in [0.3, 0.4) is 0 Å². The van der Waals surface area contributed by atoms with E-state index >= 15 is 0 Å². The Bertz CT molecular complexity index is 158. The lowest BCUT2D eigenvalue weighted by Crippen LogP contribution is -2.38. The molecule has 0 unspecified atom stereocenters. The van der Waals surface area contributed by atoms with Crippen LogP contribution in [0.1, 0.15) is 26.7 Å². The van der Waals surface area contributed by atoms with Crippen LogP contribution in [0.15, 0.2) is 0 Å². The summed E-state index contributed by atoms with van der Waals surface area (Å²) >= 11 is 0. The largest absolute Gasteiger partial charge is 0.395 e. The molecule has 1 fully saturated rings. The van der Waals surface area contributed by atoms with Crippen LogP contribution >= 0.6 is 0 Å². The number of hydrogen-bond acceptors (Lipinski definition) is 1. The molecule has 1 aliphatic carbocycles. The average Bonchev–Trinajstić information content (AvgIpc) is 2.60. The van der Waals surface area contributed by atoms with Crippen LogP contribution in [0, 0.1) is 5.41 Å². The molecule has 4 heteroatoms. The molecule has 0 aliphatic heterocycles. The minimum atomic E-state index is -4.02. The minimum absolute atomic E-state index is 0.0775. The molecule has 1 nitrogen and oxygen atoms in total. The third-order valence-electron chi connectivity index (χ3n) is 2.30. The summed E-state index contributed by atoms with van der Waals surface area (Å²) in [6.07, 6.45) is -3.44. The summed E-state index contributed by atoms with van der Waals surface area (Å²) in [5.41, 5.74) is -1.39. The first kappa shape index (κ1) is 9.84. The lowest BCUT2D eigenvalue weighted by molar-refractivity contribution is -0.185. The number of halogens is 3. The van der Waals surface area contributed by atoms with Crippen molar-refractivity contribution in [2.75, 3.05) is 6.54 Å². The third kappa shape index (κ3) is 1.91. The molecule has 0 bridgehead atoms. The molecule has 72 valence electrons. The molecule has 0 saturated heterocycles. The van der Waals surface area contributed by atoms with E-state index in [-0.39, 0.29) is 25.4 Å². The lowest BCUT2D eigenvalue weighted by atomic mass is 10.1. The van der Waals surface area contributed by atoms with Crippen molar-refractivity contribution in [2.45, 2.75) is 38.9 Å². The van der Waals surface area contributed by atoms with Crippen LogP contribution in [-0.2, 0) is 0 Å². The van der Waals surface area contributed by atoms with Gasteiger partial charge < -0.3 is 5.32 Å². The maximum absolute atomic E-state index is 12.3. The monoisotopic (exact) mass is 181 g/mol. The quantitative estimate of drug-likeness (QED) is 0.704. The van der Waals surface area contributed by atoms with Gasteiger partial charge in [0.1, 0.15) is 0 Å². The van der Waals surface area contributed by atoms with E-state index in [4.69, 9.17) is 0 Å². The van der Waals surface area contributed by atoms with Crippen LogP contribution < -0.4 is 5.32 Å². The highest BCUT2D eigenvalue weighted by Crippen LogP contribution is 2.57. The Kier molecular flexibility index (Phi) is 2.38. The Morgan fingerprint density at radius 1 is 1.33 bits per heavy atom. The topological polar surface area (TPSA) is 12.0 Å². The van der Waals surface area contributed by atoms with Gasteiger partial charge in [0.25, 0.3) is 0 Å². The molecule has 0 aromatic rings. The van der Waals surface area contributed by atoms with Crippen molar-refractivity contribution in [1.82, 2.24) is 5.32 Å². The van der Waals surface area contributed by atoms with E-state index in [1.807, 2.05) is 13.8 Å². The van der Waals surface area contributed by atoms with E-state index in [0.717, 1.165) is 0 Å². The normalized spacial score (nSPS) is 21.5. The Morgan fingerprint density at radius 3 is 2.08 bits per heavy atom. The van der Waals surface area contributed by atoms with Gasteiger partial charge in [0.15, 0.2) is 0 Å². The molecule has 1 saturated carbocycles. The molecular formula is C8H14F3N. The fraction of sp³-hybridized carbons (Fsp3) is 1.00. The van der Waals surface area contributed by atoms with Crippen LogP contribution in [-0.4, -0.2) is 18.8 Å². The van der Waals surface area contributed by atoms with E-state index in [1.165, 1.54) is 0 Å². The standard InChI is InChI=1S/C8H14F3N/c1-6(2)12-5-7(3-4-7)8(9,10)11/h6,12H,3-5H2,1-2H3. The molecule has 0 radical (unpaired) electrons.